The Labute approximate surface area is 223 Å². The van der Waals surface area contributed by atoms with Crippen LogP contribution >= 0.6 is 0 Å². The highest BCUT2D eigenvalue weighted by molar-refractivity contribution is 7.89. The normalized spacial score (nSPS) is 18.4. The molecule has 2 aromatic carbocycles. The lowest BCUT2D eigenvalue weighted by Crippen LogP contribution is -2.53. The van der Waals surface area contributed by atoms with E-state index in [4.69, 9.17) is 0 Å². The molecular weight excluding hydrogens is 484 g/mol. The fourth-order valence-electron chi connectivity index (χ4n) is 5.44. The van der Waals surface area contributed by atoms with Crippen LogP contribution in [0.15, 0.2) is 59.5 Å². The van der Waals surface area contributed by atoms with Gasteiger partial charge in [0.1, 0.15) is 0 Å². The molecule has 6 nitrogen and oxygen atoms in total. The van der Waals surface area contributed by atoms with Crippen LogP contribution in [0, 0.1) is 18.3 Å². The van der Waals surface area contributed by atoms with E-state index in [0.717, 1.165) is 44.1 Å². The number of nitrogens with one attached hydrogen (secondary N) is 1. The molecule has 0 spiro atoms. The Kier molecular flexibility index (Phi) is 9.95. The smallest absolute Gasteiger partial charge is 0.243 e. The number of nitrogens with zero attached hydrogens (tertiary/aromatic N) is 1. The molecule has 0 aromatic heterocycles. The van der Waals surface area contributed by atoms with Gasteiger partial charge >= 0.3 is 0 Å². The molecular formula is C30H44N2O4S. The molecule has 2 N–H and O–H groups in total. The number of carbonyl (C=O) groups is 1. The van der Waals surface area contributed by atoms with Gasteiger partial charge in [-0.15, -0.1) is 0 Å². The molecule has 1 aliphatic rings. The van der Waals surface area contributed by atoms with Crippen molar-refractivity contribution in [3.05, 3.63) is 65.7 Å². The van der Waals surface area contributed by atoms with Crippen LogP contribution in [0.2, 0.25) is 0 Å². The Hall–Kier alpha value is -2.22. The molecule has 0 aliphatic heterocycles. The Morgan fingerprint density at radius 1 is 1.00 bits per heavy atom. The van der Waals surface area contributed by atoms with Gasteiger partial charge in [-0.1, -0.05) is 88.1 Å². The maximum absolute atomic E-state index is 14.0. The monoisotopic (exact) mass is 528 g/mol. The van der Waals surface area contributed by atoms with E-state index in [9.17, 15) is 18.3 Å². The minimum Gasteiger partial charge on any atom is -0.389 e. The number of benzene rings is 2. The number of aliphatic hydroxyl groups is 1. The SMILES string of the molecule is CCC1(C(=O)NC(C)C(O)C(c2ccccc2)N(CC(C)C)S(=O)(=O)c2ccc(C)cc2)CCCCC1. The van der Waals surface area contributed by atoms with Crippen LogP contribution in [-0.4, -0.2) is 42.4 Å². The second kappa shape index (κ2) is 12.5. The zero-order valence-corrected chi connectivity index (χ0v) is 23.8. The number of rotatable bonds is 11. The minimum absolute atomic E-state index is 0.0223. The third-order valence-electron chi connectivity index (χ3n) is 7.79. The summed E-state index contributed by atoms with van der Waals surface area (Å²) in [5, 5.41) is 14.8. The Bertz CT molecular complexity index is 1110. The van der Waals surface area contributed by atoms with Gasteiger partial charge in [-0.25, -0.2) is 8.42 Å². The third-order valence-corrected chi connectivity index (χ3v) is 9.65. The summed E-state index contributed by atoms with van der Waals surface area (Å²) in [7, 11) is -3.94. The van der Waals surface area contributed by atoms with Gasteiger partial charge in [0.25, 0.3) is 0 Å². The summed E-state index contributed by atoms with van der Waals surface area (Å²) in [5.41, 5.74) is 1.24. The molecule has 3 unspecified atom stereocenters. The first kappa shape index (κ1) is 29.3. The van der Waals surface area contributed by atoms with Crippen molar-refractivity contribution in [3.63, 3.8) is 0 Å². The first-order valence-corrected chi connectivity index (χ1v) is 15.1. The van der Waals surface area contributed by atoms with Crippen LogP contribution in [0.5, 0.6) is 0 Å². The lowest BCUT2D eigenvalue weighted by atomic mass is 9.71. The van der Waals surface area contributed by atoms with Crippen LogP contribution in [0.3, 0.4) is 0 Å². The highest BCUT2D eigenvalue weighted by Crippen LogP contribution is 2.40. The van der Waals surface area contributed by atoms with Crippen LogP contribution in [0.1, 0.15) is 83.4 Å². The predicted molar refractivity (Wildman–Crippen MR) is 149 cm³/mol. The van der Waals surface area contributed by atoms with Crippen molar-refractivity contribution in [1.29, 1.82) is 0 Å². The average molecular weight is 529 g/mol. The van der Waals surface area contributed by atoms with Gasteiger partial charge in [-0.2, -0.15) is 4.31 Å². The average Bonchev–Trinajstić information content (AvgIpc) is 2.89. The number of aliphatic hydroxyl groups excluding tert-OH is 1. The highest BCUT2D eigenvalue weighted by atomic mass is 32.2. The quantitative estimate of drug-likeness (QED) is 0.397. The minimum atomic E-state index is -3.94. The summed E-state index contributed by atoms with van der Waals surface area (Å²) in [6, 6.07) is 14.5. The number of hydrogen-bond donors (Lipinski definition) is 2. The maximum atomic E-state index is 14.0. The van der Waals surface area contributed by atoms with Crippen LogP contribution in [0.4, 0.5) is 0 Å². The molecule has 0 saturated heterocycles. The lowest BCUT2D eigenvalue weighted by molar-refractivity contribution is -0.135. The molecule has 1 saturated carbocycles. The second-order valence-electron chi connectivity index (χ2n) is 11.1. The van der Waals surface area contributed by atoms with Gasteiger partial charge in [0.05, 0.1) is 23.1 Å². The molecule has 204 valence electrons. The molecule has 37 heavy (non-hydrogen) atoms. The highest BCUT2D eigenvalue weighted by Gasteiger charge is 2.42. The van der Waals surface area contributed by atoms with E-state index >= 15 is 0 Å². The van der Waals surface area contributed by atoms with E-state index in [1.165, 1.54) is 4.31 Å². The second-order valence-corrected chi connectivity index (χ2v) is 13.0. The molecule has 7 heteroatoms. The fraction of sp³-hybridized carbons (Fsp3) is 0.567. The number of amides is 1. The molecule has 1 amide bonds. The lowest BCUT2D eigenvalue weighted by Gasteiger charge is -2.40. The predicted octanol–water partition coefficient (Wildman–Crippen LogP) is 5.61. The fourth-order valence-corrected chi connectivity index (χ4v) is 7.23. The van der Waals surface area contributed by atoms with Gasteiger partial charge in [0.2, 0.25) is 15.9 Å². The van der Waals surface area contributed by atoms with E-state index in [2.05, 4.69) is 12.2 Å². The molecule has 3 rings (SSSR count). The molecule has 1 fully saturated rings. The molecule has 2 aromatic rings. The van der Waals surface area contributed by atoms with E-state index in [0.29, 0.717) is 5.56 Å². The van der Waals surface area contributed by atoms with Crippen LogP contribution in [0.25, 0.3) is 0 Å². The maximum Gasteiger partial charge on any atom is 0.243 e. The van der Waals surface area contributed by atoms with Gasteiger partial charge in [0.15, 0.2) is 0 Å². The molecule has 0 heterocycles. The van der Waals surface area contributed by atoms with Crippen molar-refractivity contribution in [2.45, 2.75) is 96.2 Å². The van der Waals surface area contributed by atoms with Crippen LogP contribution in [-0.2, 0) is 14.8 Å². The number of carbonyl (C=O) groups excluding carboxylic acids is 1. The molecule has 0 radical (unpaired) electrons. The van der Waals surface area contributed by atoms with E-state index in [-0.39, 0.29) is 23.3 Å². The van der Waals surface area contributed by atoms with Crippen molar-refractivity contribution < 1.29 is 18.3 Å². The third kappa shape index (κ3) is 6.81. The largest absolute Gasteiger partial charge is 0.389 e. The standard InChI is InChI=1S/C30H44N2O4S/c1-6-30(19-11-8-12-20-30)29(34)31-24(5)28(33)27(25-13-9-7-10-14-25)32(21-22(2)3)37(35,36)26-17-15-23(4)16-18-26/h7,9-10,13-18,22,24,27-28,33H,6,8,11-12,19-21H2,1-5H3,(H,31,34). The van der Waals surface area contributed by atoms with Crippen molar-refractivity contribution in [3.8, 4) is 0 Å². The van der Waals surface area contributed by atoms with E-state index in [1.54, 1.807) is 31.2 Å². The molecule has 0 bridgehead atoms. The van der Waals surface area contributed by atoms with Crippen molar-refractivity contribution in [2.24, 2.45) is 11.3 Å². The first-order chi connectivity index (χ1) is 17.5. The van der Waals surface area contributed by atoms with Crippen molar-refractivity contribution in [2.75, 3.05) is 6.54 Å². The topological polar surface area (TPSA) is 86.7 Å². The molecule has 1 aliphatic carbocycles. The Morgan fingerprint density at radius 3 is 2.14 bits per heavy atom. The van der Waals surface area contributed by atoms with Crippen molar-refractivity contribution in [1.82, 2.24) is 9.62 Å². The summed E-state index contributed by atoms with van der Waals surface area (Å²) in [6.45, 7) is 9.90. The number of aryl methyl sites for hydroxylation is 1. The summed E-state index contributed by atoms with van der Waals surface area (Å²) in [4.78, 5) is 13.7. The van der Waals surface area contributed by atoms with Gasteiger partial charge in [-0.05, 0) is 56.7 Å². The van der Waals surface area contributed by atoms with Crippen LogP contribution < -0.4 is 5.32 Å². The Balaban J connectivity index is 2.00. The zero-order chi connectivity index (χ0) is 27.2. The summed E-state index contributed by atoms with van der Waals surface area (Å²) in [6.07, 6.45) is 4.50. The van der Waals surface area contributed by atoms with Gasteiger partial charge in [0, 0.05) is 12.0 Å². The van der Waals surface area contributed by atoms with Gasteiger partial charge < -0.3 is 10.4 Å². The first-order valence-electron chi connectivity index (χ1n) is 13.6. The van der Waals surface area contributed by atoms with E-state index < -0.39 is 33.6 Å². The summed E-state index contributed by atoms with van der Waals surface area (Å²) >= 11 is 0. The zero-order valence-electron chi connectivity index (χ0n) is 23.0. The Morgan fingerprint density at radius 2 is 1.59 bits per heavy atom. The molecule has 3 atom stereocenters. The number of sulfonamides is 1. The number of hydrogen-bond acceptors (Lipinski definition) is 4. The van der Waals surface area contributed by atoms with Crippen molar-refractivity contribution >= 4 is 15.9 Å². The van der Waals surface area contributed by atoms with Gasteiger partial charge in [-0.3, -0.25) is 4.79 Å². The summed E-state index contributed by atoms with van der Waals surface area (Å²) in [5.74, 6) is -0.0148. The van der Waals surface area contributed by atoms with E-state index in [1.807, 2.05) is 51.1 Å². The summed E-state index contributed by atoms with van der Waals surface area (Å²) < 4.78 is 29.4.